The Morgan fingerprint density at radius 2 is 1.87 bits per heavy atom. The Bertz CT molecular complexity index is 419. The van der Waals surface area contributed by atoms with Crippen LogP contribution in [0.2, 0.25) is 0 Å². The maximum absolute atomic E-state index is 12.6. The van der Waals surface area contributed by atoms with Crippen molar-refractivity contribution in [3.63, 3.8) is 0 Å². The lowest BCUT2D eigenvalue weighted by atomic mass is 9.94. The lowest BCUT2D eigenvalue weighted by Gasteiger charge is -2.37. The van der Waals surface area contributed by atoms with Crippen molar-refractivity contribution in [1.29, 1.82) is 0 Å². The van der Waals surface area contributed by atoms with Crippen molar-refractivity contribution in [2.24, 2.45) is 11.8 Å². The molecule has 6 heteroatoms. The first kappa shape index (κ1) is 18.2. The number of hydrogen-bond acceptors (Lipinski definition) is 4. The zero-order valence-corrected chi connectivity index (χ0v) is 14.8. The van der Waals surface area contributed by atoms with E-state index in [9.17, 15) is 9.59 Å². The van der Waals surface area contributed by atoms with E-state index in [1.54, 1.807) is 0 Å². The van der Waals surface area contributed by atoms with Gasteiger partial charge in [-0.3, -0.25) is 9.59 Å². The number of ether oxygens (including phenoxy) is 1. The maximum Gasteiger partial charge on any atom is 0.242 e. The summed E-state index contributed by atoms with van der Waals surface area (Å²) < 4.78 is 5.55. The zero-order valence-electron chi connectivity index (χ0n) is 14.8. The summed E-state index contributed by atoms with van der Waals surface area (Å²) in [5.41, 5.74) is 0. The number of likely N-dealkylation sites (tertiary alicyclic amines) is 1. The molecule has 132 valence electrons. The Labute approximate surface area is 139 Å². The number of hydrogen-bond donors (Lipinski definition) is 2. The predicted octanol–water partition coefficient (Wildman–Crippen LogP) is 0.763. The van der Waals surface area contributed by atoms with Crippen LogP contribution in [0.15, 0.2) is 0 Å². The quantitative estimate of drug-likeness (QED) is 0.801. The largest absolute Gasteiger partial charge is 0.375 e. The number of morpholine rings is 1. The summed E-state index contributed by atoms with van der Waals surface area (Å²) in [6.07, 6.45) is 1.39. The normalized spacial score (nSPS) is 27.8. The molecule has 3 atom stereocenters. The maximum atomic E-state index is 12.6. The van der Waals surface area contributed by atoms with Crippen molar-refractivity contribution >= 4 is 11.8 Å². The second-order valence-electron chi connectivity index (χ2n) is 7.15. The Hall–Kier alpha value is -1.14. The summed E-state index contributed by atoms with van der Waals surface area (Å²) in [6.45, 7) is 10.8. The second kappa shape index (κ2) is 8.11. The monoisotopic (exact) mass is 325 g/mol. The van der Waals surface area contributed by atoms with Gasteiger partial charge >= 0.3 is 0 Å². The van der Waals surface area contributed by atoms with Crippen LogP contribution < -0.4 is 10.6 Å². The molecular weight excluding hydrogens is 294 g/mol. The van der Waals surface area contributed by atoms with E-state index < -0.39 is 0 Å². The molecular formula is C17H31N3O3. The molecule has 6 nitrogen and oxygen atoms in total. The molecule has 23 heavy (non-hydrogen) atoms. The minimum Gasteiger partial charge on any atom is -0.375 e. The van der Waals surface area contributed by atoms with Gasteiger partial charge in [0.2, 0.25) is 11.8 Å². The average molecular weight is 325 g/mol. The summed E-state index contributed by atoms with van der Waals surface area (Å²) in [7, 11) is 0. The molecule has 2 fully saturated rings. The molecule has 0 spiro atoms. The Balaban J connectivity index is 1.81. The van der Waals surface area contributed by atoms with Crippen molar-refractivity contribution < 1.29 is 14.3 Å². The predicted molar refractivity (Wildman–Crippen MR) is 89.0 cm³/mol. The zero-order chi connectivity index (χ0) is 17.0. The molecule has 0 radical (unpaired) electrons. The van der Waals surface area contributed by atoms with Crippen LogP contribution in [0.25, 0.3) is 0 Å². The molecule has 1 unspecified atom stereocenters. The summed E-state index contributed by atoms with van der Waals surface area (Å²) in [4.78, 5) is 26.8. The highest BCUT2D eigenvalue weighted by molar-refractivity contribution is 5.83. The lowest BCUT2D eigenvalue weighted by Crippen LogP contribution is -2.58. The van der Waals surface area contributed by atoms with E-state index in [2.05, 4.69) is 24.5 Å². The molecule has 2 rings (SSSR count). The van der Waals surface area contributed by atoms with Crippen LogP contribution in [-0.4, -0.2) is 61.1 Å². The number of amides is 2. The minimum atomic E-state index is -0.255. The third-order valence-corrected chi connectivity index (χ3v) is 5.13. The summed E-state index contributed by atoms with van der Waals surface area (Å²) in [5.74, 6) is 0.685. The van der Waals surface area contributed by atoms with E-state index >= 15 is 0 Å². The fourth-order valence-electron chi connectivity index (χ4n) is 3.08. The average Bonchev–Trinajstić information content (AvgIpc) is 2.54. The van der Waals surface area contributed by atoms with Gasteiger partial charge in [0.15, 0.2) is 0 Å². The fraction of sp³-hybridized carbons (Fsp3) is 0.882. The molecule has 2 aliphatic rings. The molecule has 2 heterocycles. The first-order valence-electron chi connectivity index (χ1n) is 8.84. The fourth-order valence-corrected chi connectivity index (χ4v) is 3.08. The van der Waals surface area contributed by atoms with Gasteiger partial charge in [-0.25, -0.2) is 0 Å². The van der Waals surface area contributed by atoms with Crippen LogP contribution in [0.4, 0.5) is 0 Å². The van der Waals surface area contributed by atoms with Gasteiger partial charge in [-0.2, -0.15) is 0 Å². The molecule has 2 amide bonds. The van der Waals surface area contributed by atoms with E-state index in [4.69, 9.17) is 4.74 Å². The van der Waals surface area contributed by atoms with E-state index in [1.807, 2.05) is 18.7 Å². The van der Waals surface area contributed by atoms with Gasteiger partial charge in [-0.1, -0.05) is 13.8 Å². The van der Waals surface area contributed by atoms with Crippen LogP contribution in [0.5, 0.6) is 0 Å². The molecule has 0 aromatic heterocycles. The van der Waals surface area contributed by atoms with Crippen LogP contribution in [0, 0.1) is 11.8 Å². The van der Waals surface area contributed by atoms with Gasteiger partial charge in [-0.05, 0) is 32.6 Å². The van der Waals surface area contributed by atoms with Gasteiger partial charge in [0, 0.05) is 31.6 Å². The Morgan fingerprint density at radius 3 is 2.43 bits per heavy atom. The highest BCUT2D eigenvalue weighted by Crippen LogP contribution is 2.20. The van der Waals surface area contributed by atoms with Crippen molar-refractivity contribution in [2.45, 2.75) is 58.7 Å². The van der Waals surface area contributed by atoms with Crippen LogP contribution in [0.3, 0.4) is 0 Å². The van der Waals surface area contributed by atoms with Gasteiger partial charge in [-0.15, -0.1) is 0 Å². The van der Waals surface area contributed by atoms with Gasteiger partial charge in [0.1, 0.15) is 6.04 Å². The van der Waals surface area contributed by atoms with E-state index in [0.29, 0.717) is 32.2 Å². The van der Waals surface area contributed by atoms with Crippen molar-refractivity contribution in [2.75, 3.05) is 26.2 Å². The van der Waals surface area contributed by atoms with E-state index in [-0.39, 0.29) is 35.9 Å². The number of carbonyl (C=O) groups excluding carboxylic acids is 2. The van der Waals surface area contributed by atoms with Crippen LogP contribution >= 0.6 is 0 Å². The highest BCUT2D eigenvalue weighted by Gasteiger charge is 2.35. The summed E-state index contributed by atoms with van der Waals surface area (Å²) in [6, 6.07) is -0.0679. The van der Waals surface area contributed by atoms with Crippen LogP contribution in [0.1, 0.15) is 40.5 Å². The van der Waals surface area contributed by atoms with E-state index in [0.717, 1.165) is 12.8 Å². The van der Waals surface area contributed by atoms with Gasteiger partial charge in [0.05, 0.1) is 12.7 Å². The number of carbonyl (C=O) groups is 2. The molecule has 0 aliphatic carbocycles. The van der Waals surface area contributed by atoms with E-state index in [1.165, 1.54) is 0 Å². The lowest BCUT2D eigenvalue weighted by molar-refractivity contribution is -0.142. The summed E-state index contributed by atoms with van der Waals surface area (Å²) in [5, 5.41) is 6.33. The molecule has 0 aromatic carbocycles. The first-order chi connectivity index (χ1) is 10.9. The highest BCUT2D eigenvalue weighted by atomic mass is 16.5. The number of nitrogens with one attached hydrogen (secondary N) is 2. The first-order valence-corrected chi connectivity index (χ1v) is 8.84. The van der Waals surface area contributed by atoms with Crippen molar-refractivity contribution in [3.8, 4) is 0 Å². The summed E-state index contributed by atoms with van der Waals surface area (Å²) >= 11 is 0. The third kappa shape index (κ3) is 4.67. The third-order valence-electron chi connectivity index (χ3n) is 5.13. The Kier molecular flexibility index (Phi) is 6.41. The number of piperidine rings is 1. The topological polar surface area (TPSA) is 70.7 Å². The van der Waals surface area contributed by atoms with Crippen LogP contribution in [-0.2, 0) is 14.3 Å². The molecule has 2 N–H and O–H groups in total. The number of rotatable bonds is 4. The van der Waals surface area contributed by atoms with Crippen molar-refractivity contribution in [3.05, 3.63) is 0 Å². The molecule has 0 saturated carbocycles. The molecule has 2 aliphatic heterocycles. The van der Waals surface area contributed by atoms with Crippen molar-refractivity contribution in [1.82, 2.24) is 15.5 Å². The molecule has 0 bridgehead atoms. The SMILES string of the molecule is CC(C)C(C)NC(=O)C1CCN(C(=O)[C@H]2NCCO[C@@H]2C)CC1. The molecule has 0 aromatic rings. The smallest absolute Gasteiger partial charge is 0.242 e. The van der Waals surface area contributed by atoms with Gasteiger partial charge in [0.25, 0.3) is 0 Å². The number of nitrogens with zero attached hydrogens (tertiary/aromatic N) is 1. The standard InChI is InChI=1S/C17H31N3O3/c1-11(2)12(3)19-16(21)14-5-8-20(9-6-14)17(22)15-13(4)23-10-7-18-15/h11-15,18H,5-10H2,1-4H3,(H,19,21)/t12?,13-,15+/m1/s1. The second-order valence-corrected chi connectivity index (χ2v) is 7.15. The minimum absolute atomic E-state index is 0.0215. The van der Waals surface area contributed by atoms with Gasteiger partial charge < -0.3 is 20.3 Å². The molecule has 2 saturated heterocycles. The Morgan fingerprint density at radius 1 is 1.22 bits per heavy atom.